The van der Waals surface area contributed by atoms with Crippen molar-refractivity contribution < 1.29 is 14.3 Å². The molecule has 2 rings (SSSR count). The van der Waals surface area contributed by atoms with Gasteiger partial charge in [-0.3, -0.25) is 4.79 Å². The average Bonchev–Trinajstić information content (AvgIpc) is 2.75. The van der Waals surface area contributed by atoms with Crippen LogP contribution >= 0.6 is 35.1 Å². The minimum Gasteiger partial charge on any atom is -0.481 e. The smallest absolute Gasteiger partial charge is 0.313 e. The van der Waals surface area contributed by atoms with E-state index in [2.05, 4.69) is 4.98 Å². The van der Waals surface area contributed by atoms with Crippen molar-refractivity contribution >= 4 is 52.1 Å². The van der Waals surface area contributed by atoms with Gasteiger partial charge in [0.1, 0.15) is 5.82 Å². The topological polar surface area (TPSA) is 55.1 Å². The molecule has 4 nitrogen and oxygen atoms in total. The first-order valence-corrected chi connectivity index (χ1v) is 8.90. The highest BCUT2D eigenvalue weighted by Gasteiger charge is 2.18. The number of aromatic nitrogens is 2. The Morgan fingerprint density at radius 1 is 1.57 bits per heavy atom. The van der Waals surface area contributed by atoms with Crippen LogP contribution in [-0.2, 0) is 4.79 Å². The highest BCUT2D eigenvalue weighted by atomic mass is 35.5. The van der Waals surface area contributed by atoms with Gasteiger partial charge in [0.2, 0.25) is 0 Å². The van der Waals surface area contributed by atoms with Crippen LogP contribution in [0.2, 0.25) is 5.02 Å². The van der Waals surface area contributed by atoms with Gasteiger partial charge in [-0.2, -0.15) is 11.8 Å². The van der Waals surface area contributed by atoms with Crippen molar-refractivity contribution in [2.45, 2.75) is 18.1 Å². The molecular formula is C13H14ClFN2O2S2. The normalized spacial score (nSPS) is 12.8. The van der Waals surface area contributed by atoms with Crippen molar-refractivity contribution in [2.75, 3.05) is 17.8 Å². The number of carbonyl (C=O) groups is 1. The van der Waals surface area contributed by atoms with Gasteiger partial charge >= 0.3 is 5.97 Å². The van der Waals surface area contributed by atoms with E-state index in [0.717, 1.165) is 17.5 Å². The zero-order valence-electron chi connectivity index (χ0n) is 11.5. The van der Waals surface area contributed by atoms with Crippen LogP contribution in [0.25, 0.3) is 11.0 Å². The van der Waals surface area contributed by atoms with E-state index in [1.165, 1.54) is 12.1 Å². The standard InChI is InChI=1S/C13H14ClFN2O2S2/c1-7(5-20-2)17-11-4-9(15)8(14)3-10(11)16-13(17)21-6-12(18)19/h3-4,7H,5-6H2,1-2H3,(H,18,19). The number of hydrogen-bond donors (Lipinski definition) is 1. The number of hydrogen-bond acceptors (Lipinski definition) is 4. The van der Waals surface area contributed by atoms with E-state index in [9.17, 15) is 9.18 Å². The molecule has 0 aliphatic carbocycles. The van der Waals surface area contributed by atoms with Crippen molar-refractivity contribution in [3.05, 3.63) is 23.0 Å². The molecule has 1 aromatic heterocycles. The van der Waals surface area contributed by atoms with Crippen LogP contribution in [0, 0.1) is 5.82 Å². The molecule has 114 valence electrons. The fourth-order valence-electron chi connectivity index (χ4n) is 2.04. The molecule has 0 radical (unpaired) electrons. The number of aliphatic carboxylic acids is 1. The fraction of sp³-hybridized carbons (Fsp3) is 0.385. The van der Waals surface area contributed by atoms with E-state index in [-0.39, 0.29) is 16.8 Å². The third kappa shape index (κ3) is 3.64. The molecule has 1 aromatic carbocycles. The number of benzene rings is 1. The first kappa shape index (κ1) is 16.5. The number of thioether (sulfide) groups is 2. The van der Waals surface area contributed by atoms with E-state index in [4.69, 9.17) is 16.7 Å². The SMILES string of the molecule is CSCC(C)n1c(SCC(=O)O)nc2cc(Cl)c(F)cc21. The molecule has 8 heteroatoms. The molecule has 0 fully saturated rings. The van der Waals surface area contributed by atoms with Gasteiger partial charge in [-0.15, -0.1) is 0 Å². The third-order valence-corrected chi connectivity index (χ3v) is 4.92. The second kappa shape index (κ2) is 6.89. The maximum absolute atomic E-state index is 13.7. The Labute approximate surface area is 135 Å². The number of imidazole rings is 1. The molecule has 2 aromatic rings. The lowest BCUT2D eigenvalue weighted by molar-refractivity contribution is -0.133. The maximum atomic E-state index is 13.7. The molecule has 0 bridgehead atoms. The van der Waals surface area contributed by atoms with Crippen molar-refractivity contribution in [3.63, 3.8) is 0 Å². The van der Waals surface area contributed by atoms with Gasteiger partial charge in [-0.25, -0.2) is 9.37 Å². The van der Waals surface area contributed by atoms with Crippen LogP contribution in [0.3, 0.4) is 0 Å². The van der Waals surface area contributed by atoms with E-state index >= 15 is 0 Å². The van der Waals surface area contributed by atoms with E-state index in [1.54, 1.807) is 11.8 Å². The van der Waals surface area contributed by atoms with E-state index in [1.807, 2.05) is 17.7 Å². The Balaban J connectivity index is 2.54. The number of halogens is 2. The summed E-state index contributed by atoms with van der Waals surface area (Å²) in [6, 6.07) is 2.90. The van der Waals surface area contributed by atoms with Crippen LogP contribution in [0.4, 0.5) is 4.39 Å². The van der Waals surface area contributed by atoms with Gasteiger partial charge in [0, 0.05) is 17.9 Å². The van der Waals surface area contributed by atoms with Crippen LogP contribution in [-0.4, -0.2) is 38.4 Å². The summed E-state index contributed by atoms with van der Waals surface area (Å²) in [6.45, 7) is 1.99. The molecule has 0 aliphatic rings. The lowest BCUT2D eigenvalue weighted by Gasteiger charge is -2.16. The van der Waals surface area contributed by atoms with Crippen molar-refractivity contribution in [2.24, 2.45) is 0 Å². The molecule has 0 aliphatic heterocycles. The molecule has 0 saturated heterocycles. The summed E-state index contributed by atoms with van der Waals surface area (Å²) in [5.41, 5.74) is 1.20. The number of carboxylic acids is 1. The fourth-order valence-corrected chi connectivity index (χ4v) is 3.66. The summed E-state index contributed by atoms with van der Waals surface area (Å²) >= 11 is 8.58. The van der Waals surface area contributed by atoms with Crippen LogP contribution in [0.1, 0.15) is 13.0 Å². The summed E-state index contributed by atoms with van der Waals surface area (Å²) in [5, 5.41) is 9.41. The summed E-state index contributed by atoms with van der Waals surface area (Å²) in [6.07, 6.45) is 1.98. The van der Waals surface area contributed by atoms with Crippen molar-refractivity contribution in [1.82, 2.24) is 9.55 Å². The molecule has 1 N–H and O–H groups in total. The Morgan fingerprint density at radius 3 is 2.90 bits per heavy atom. The van der Waals surface area contributed by atoms with Gasteiger partial charge in [-0.1, -0.05) is 23.4 Å². The quantitative estimate of drug-likeness (QED) is 0.801. The van der Waals surface area contributed by atoms with Crippen molar-refractivity contribution in [1.29, 1.82) is 0 Å². The third-order valence-electron chi connectivity index (χ3n) is 2.87. The number of rotatable bonds is 6. The van der Waals surface area contributed by atoms with E-state index in [0.29, 0.717) is 16.2 Å². The Kier molecular flexibility index (Phi) is 5.40. The largest absolute Gasteiger partial charge is 0.481 e. The predicted molar refractivity (Wildman–Crippen MR) is 86.2 cm³/mol. The zero-order chi connectivity index (χ0) is 15.6. The van der Waals surface area contributed by atoms with E-state index < -0.39 is 11.8 Å². The second-order valence-electron chi connectivity index (χ2n) is 4.51. The number of nitrogens with zero attached hydrogens (tertiary/aromatic N) is 2. The molecule has 0 spiro atoms. The minimum atomic E-state index is -0.916. The lowest BCUT2D eigenvalue weighted by Crippen LogP contribution is -2.10. The molecule has 1 heterocycles. The lowest BCUT2D eigenvalue weighted by atomic mass is 10.3. The number of fused-ring (bicyclic) bond motifs is 1. The second-order valence-corrected chi connectivity index (χ2v) is 6.77. The summed E-state index contributed by atoms with van der Waals surface area (Å²) in [4.78, 5) is 15.2. The van der Waals surface area contributed by atoms with Crippen molar-refractivity contribution in [3.8, 4) is 0 Å². The Morgan fingerprint density at radius 2 is 2.29 bits per heavy atom. The van der Waals surface area contributed by atoms with Crippen LogP contribution in [0.5, 0.6) is 0 Å². The molecule has 21 heavy (non-hydrogen) atoms. The average molecular weight is 349 g/mol. The van der Waals surface area contributed by atoms with Gasteiger partial charge < -0.3 is 9.67 Å². The molecule has 0 amide bonds. The van der Waals surface area contributed by atoms with Gasteiger partial charge in [0.05, 0.1) is 21.8 Å². The van der Waals surface area contributed by atoms with Crippen LogP contribution in [0.15, 0.2) is 17.3 Å². The zero-order valence-corrected chi connectivity index (χ0v) is 13.9. The summed E-state index contributed by atoms with van der Waals surface area (Å²) in [5.74, 6) is -0.696. The monoisotopic (exact) mass is 348 g/mol. The highest BCUT2D eigenvalue weighted by Crippen LogP contribution is 2.31. The number of carboxylic acid groups (broad SMARTS) is 1. The molecule has 1 unspecified atom stereocenters. The van der Waals surface area contributed by atoms with Crippen LogP contribution < -0.4 is 0 Å². The Hall–Kier alpha value is -0.920. The predicted octanol–water partition coefficient (Wildman–Crippen LogP) is 3.93. The molecule has 0 saturated carbocycles. The first-order valence-electron chi connectivity index (χ1n) is 6.14. The summed E-state index contributed by atoms with van der Waals surface area (Å²) < 4.78 is 15.6. The minimum absolute atomic E-state index is 0.0134. The first-order chi connectivity index (χ1) is 9.93. The van der Waals surface area contributed by atoms with Gasteiger partial charge in [0.15, 0.2) is 5.16 Å². The summed E-state index contributed by atoms with van der Waals surface area (Å²) in [7, 11) is 0. The Bertz CT molecular complexity index is 678. The van der Waals surface area contributed by atoms with Gasteiger partial charge in [-0.05, 0) is 19.2 Å². The maximum Gasteiger partial charge on any atom is 0.313 e. The molecule has 1 atom stereocenters. The van der Waals surface area contributed by atoms with Gasteiger partial charge in [0.25, 0.3) is 0 Å². The highest BCUT2D eigenvalue weighted by molar-refractivity contribution is 7.99. The molecular weight excluding hydrogens is 335 g/mol.